The molecule has 0 bridgehead atoms. The van der Waals surface area contributed by atoms with Gasteiger partial charge in [0.2, 0.25) is 0 Å². The molecule has 1 aromatic heterocycles. The van der Waals surface area contributed by atoms with Gasteiger partial charge < -0.3 is 5.11 Å². The number of halogens is 2. The minimum atomic E-state index is -2.48. The number of hydrogen-bond acceptors (Lipinski definition) is 3. The van der Waals surface area contributed by atoms with Gasteiger partial charge in [0, 0.05) is 0 Å². The highest BCUT2D eigenvalue weighted by Crippen LogP contribution is 2.10. The summed E-state index contributed by atoms with van der Waals surface area (Å²) in [4.78, 5) is 0. The summed E-state index contributed by atoms with van der Waals surface area (Å²) in [5.74, 6) is 0. The van der Waals surface area contributed by atoms with E-state index in [-0.39, 0.29) is 0 Å². The predicted molar refractivity (Wildman–Crippen MR) is 36.7 cm³/mol. The number of nitrogens with zero attached hydrogens (tertiary/aromatic N) is 3. The van der Waals surface area contributed by atoms with Gasteiger partial charge in [-0.1, -0.05) is 5.21 Å². The number of aromatic nitrogens is 3. The zero-order valence-electron chi connectivity index (χ0n) is 6.48. The fraction of sp³-hybridized carbons (Fsp3) is 0.667. The summed E-state index contributed by atoms with van der Waals surface area (Å²) in [6, 6.07) is 0. The maximum Gasteiger partial charge on any atom is 0.257 e. The van der Waals surface area contributed by atoms with E-state index in [0.717, 1.165) is 4.68 Å². The highest BCUT2D eigenvalue weighted by Gasteiger charge is 2.12. The van der Waals surface area contributed by atoms with Crippen LogP contribution in [0.1, 0.15) is 18.7 Å². The maximum absolute atomic E-state index is 11.9. The molecule has 0 saturated heterocycles. The summed E-state index contributed by atoms with van der Waals surface area (Å²) in [6.45, 7) is 0.945. The van der Waals surface area contributed by atoms with E-state index in [0.29, 0.717) is 5.69 Å². The molecule has 0 aliphatic rings. The van der Waals surface area contributed by atoms with Crippen LogP contribution in [0, 0.1) is 0 Å². The second kappa shape index (κ2) is 3.57. The average Bonchev–Trinajstić information content (AvgIpc) is 2.33. The number of alkyl halides is 2. The van der Waals surface area contributed by atoms with Crippen molar-refractivity contribution in [1.82, 2.24) is 15.0 Å². The molecule has 4 nitrogen and oxygen atoms in total. The third-order valence-electron chi connectivity index (χ3n) is 1.39. The van der Waals surface area contributed by atoms with Crippen molar-refractivity contribution >= 4 is 0 Å². The Bertz CT molecular complexity index is 249. The molecule has 0 spiro atoms. The van der Waals surface area contributed by atoms with E-state index in [1.54, 1.807) is 0 Å². The molecule has 0 aliphatic heterocycles. The summed E-state index contributed by atoms with van der Waals surface area (Å²) in [6.07, 6.45) is -2.03. The van der Waals surface area contributed by atoms with E-state index < -0.39 is 19.1 Å². The van der Waals surface area contributed by atoms with Gasteiger partial charge in [0.15, 0.2) is 0 Å². The molecule has 68 valence electrons. The third kappa shape index (κ3) is 1.97. The Hall–Kier alpha value is -1.04. The van der Waals surface area contributed by atoms with Gasteiger partial charge in [-0.15, -0.1) is 5.10 Å². The molecule has 0 saturated carbocycles. The third-order valence-corrected chi connectivity index (χ3v) is 1.39. The lowest BCUT2D eigenvalue weighted by atomic mass is 10.3. The van der Waals surface area contributed by atoms with Crippen LogP contribution in [0.5, 0.6) is 0 Å². The molecule has 1 rings (SSSR count). The lowest BCUT2D eigenvalue weighted by Crippen LogP contribution is -2.12. The molecular formula is C6H9F2N3O. The van der Waals surface area contributed by atoms with Gasteiger partial charge in [0.25, 0.3) is 6.43 Å². The number of rotatable bonds is 3. The van der Waals surface area contributed by atoms with Crippen LogP contribution in [0.3, 0.4) is 0 Å². The number of hydrogen-bond donors (Lipinski definition) is 1. The van der Waals surface area contributed by atoms with Gasteiger partial charge in [-0.2, -0.15) is 0 Å². The minimum absolute atomic E-state index is 0.301. The smallest absolute Gasteiger partial charge is 0.257 e. The lowest BCUT2D eigenvalue weighted by Gasteiger charge is -2.06. The molecule has 1 heterocycles. The molecule has 12 heavy (non-hydrogen) atoms. The summed E-state index contributed by atoms with van der Waals surface area (Å²) < 4.78 is 24.7. The van der Waals surface area contributed by atoms with Crippen LogP contribution >= 0.6 is 0 Å². The Balaban J connectivity index is 2.77. The Morgan fingerprint density at radius 1 is 1.67 bits per heavy atom. The number of aliphatic hydroxyl groups excluding tert-OH is 1. The molecule has 0 fully saturated rings. The van der Waals surface area contributed by atoms with Crippen molar-refractivity contribution in [2.75, 3.05) is 0 Å². The van der Waals surface area contributed by atoms with Crippen molar-refractivity contribution in [1.29, 1.82) is 0 Å². The van der Waals surface area contributed by atoms with Gasteiger partial charge in [-0.25, -0.2) is 13.5 Å². The van der Waals surface area contributed by atoms with Gasteiger partial charge >= 0.3 is 0 Å². The Kier molecular flexibility index (Phi) is 2.69. The van der Waals surface area contributed by atoms with E-state index in [1.807, 2.05) is 0 Å². The summed E-state index contributed by atoms with van der Waals surface area (Å²) in [7, 11) is 0. The summed E-state index contributed by atoms with van der Waals surface area (Å²) >= 11 is 0. The topological polar surface area (TPSA) is 50.9 Å². The van der Waals surface area contributed by atoms with Crippen LogP contribution in [-0.4, -0.2) is 26.5 Å². The van der Waals surface area contributed by atoms with Crippen LogP contribution in [0.2, 0.25) is 0 Å². The van der Waals surface area contributed by atoms with E-state index >= 15 is 0 Å². The van der Waals surface area contributed by atoms with Crippen LogP contribution in [0.15, 0.2) is 6.20 Å². The second-order valence-corrected chi connectivity index (χ2v) is 2.41. The molecule has 1 aromatic rings. The highest BCUT2D eigenvalue weighted by molar-refractivity contribution is 4.97. The summed E-state index contributed by atoms with van der Waals surface area (Å²) in [5, 5.41) is 15.9. The zero-order valence-corrected chi connectivity index (χ0v) is 6.48. The van der Waals surface area contributed by atoms with Crippen molar-refractivity contribution in [3.05, 3.63) is 11.9 Å². The monoisotopic (exact) mass is 177 g/mol. The first-order valence-corrected chi connectivity index (χ1v) is 3.46. The Labute approximate surface area is 67.8 Å². The SMILES string of the molecule is CC(O)c1cnnn1CC(F)F. The molecule has 0 aliphatic carbocycles. The van der Waals surface area contributed by atoms with Gasteiger partial charge in [0.05, 0.1) is 18.0 Å². The average molecular weight is 177 g/mol. The van der Waals surface area contributed by atoms with Crippen molar-refractivity contribution in [3.8, 4) is 0 Å². The van der Waals surface area contributed by atoms with Crippen LogP contribution < -0.4 is 0 Å². The highest BCUT2D eigenvalue weighted by atomic mass is 19.3. The van der Waals surface area contributed by atoms with Crippen molar-refractivity contribution in [3.63, 3.8) is 0 Å². The molecule has 6 heteroatoms. The van der Waals surface area contributed by atoms with Crippen molar-refractivity contribution < 1.29 is 13.9 Å². The Morgan fingerprint density at radius 2 is 2.33 bits per heavy atom. The molecule has 0 radical (unpaired) electrons. The lowest BCUT2D eigenvalue weighted by molar-refractivity contribution is 0.113. The molecular weight excluding hydrogens is 168 g/mol. The largest absolute Gasteiger partial charge is 0.387 e. The van der Waals surface area contributed by atoms with Crippen molar-refractivity contribution in [2.45, 2.75) is 26.0 Å². The van der Waals surface area contributed by atoms with Gasteiger partial charge in [-0.3, -0.25) is 0 Å². The van der Waals surface area contributed by atoms with Crippen LogP contribution in [0.25, 0.3) is 0 Å². The first kappa shape index (κ1) is 9.05. The summed E-state index contributed by atoms with van der Waals surface area (Å²) in [5.41, 5.74) is 0.301. The van der Waals surface area contributed by atoms with E-state index in [4.69, 9.17) is 5.11 Å². The molecule has 1 atom stereocenters. The predicted octanol–water partition coefficient (Wildman–Crippen LogP) is 0.597. The van der Waals surface area contributed by atoms with Crippen LogP contribution in [-0.2, 0) is 6.54 Å². The molecule has 0 amide bonds. The van der Waals surface area contributed by atoms with E-state index in [1.165, 1.54) is 13.1 Å². The quantitative estimate of drug-likeness (QED) is 0.735. The van der Waals surface area contributed by atoms with Gasteiger partial charge in [0.1, 0.15) is 6.54 Å². The first-order chi connectivity index (χ1) is 5.61. The second-order valence-electron chi connectivity index (χ2n) is 2.41. The van der Waals surface area contributed by atoms with Crippen LogP contribution in [0.4, 0.5) is 8.78 Å². The zero-order chi connectivity index (χ0) is 9.14. The number of aliphatic hydroxyl groups is 1. The Morgan fingerprint density at radius 3 is 2.83 bits per heavy atom. The maximum atomic E-state index is 11.9. The van der Waals surface area contributed by atoms with Crippen molar-refractivity contribution in [2.24, 2.45) is 0 Å². The fourth-order valence-corrected chi connectivity index (χ4v) is 0.862. The molecule has 1 unspecified atom stereocenters. The van der Waals surface area contributed by atoms with Gasteiger partial charge in [-0.05, 0) is 6.92 Å². The standard InChI is InChI=1S/C6H9F2N3O/c1-4(12)5-2-9-10-11(5)3-6(7)8/h2,4,6,12H,3H2,1H3. The normalized spacial score (nSPS) is 13.8. The fourth-order valence-electron chi connectivity index (χ4n) is 0.862. The molecule has 1 N–H and O–H groups in total. The van der Waals surface area contributed by atoms with E-state index in [9.17, 15) is 8.78 Å². The molecule has 0 aromatic carbocycles. The minimum Gasteiger partial charge on any atom is -0.387 e. The first-order valence-electron chi connectivity index (χ1n) is 3.46. The van der Waals surface area contributed by atoms with E-state index in [2.05, 4.69) is 10.3 Å².